The van der Waals surface area contributed by atoms with E-state index in [9.17, 15) is 9.18 Å². The van der Waals surface area contributed by atoms with Crippen molar-refractivity contribution in [1.29, 1.82) is 0 Å². The van der Waals surface area contributed by atoms with Gasteiger partial charge in [-0.3, -0.25) is 0 Å². The Labute approximate surface area is 119 Å². The van der Waals surface area contributed by atoms with Gasteiger partial charge in [-0.05, 0) is 42.8 Å². The van der Waals surface area contributed by atoms with Gasteiger partial charge in [-0.2, -0.15) is 0 Å². The van der Waals surface area contributed by atoms with Crippen molar-refractivity contribution in [2.45, 2.75) is 6.92 Å². The van der Waals surface area contributed by atoms with Crippen LogP contribution in [0, 0.1) is 12.7 Å². The Kier molecular flexibility index (Phi) is 4.16. The first-order valence-electron chi connectivity index (χ1n) is 5.64. The Morgan fingerprint density at radius 1 is 1.11 bits per heavy atom. The van der Waals surface area contributed by atoms with Crippen LogP contribution < -0.4 is 10.6 Å². The minimum atomic E-state index is -0.415. The number of hydrogen-bond donors (Lipinski definition) is 2. The summed E-state index contributed by atoms with van der Waals surface area (Å²) in [6.45, 7) is 1.96. The van der Waals surface area contributed by atoms with E-state index in [2.05, 4.69) is 26.6 Å². The van der Waals surface area contributed by atoms with Crippen LogP contribution in [-0.4, -0.2) is 6.03 Å². The molecule has 0 aliphatic rings. The largest absolute Gasteiger partial charge is 0.323 e. The molecule has 2 aromatic carbocycles. The van der Waals surface area contributed by atoms with Crippen molar-refractivity contribution in [3.05, 3.63) is 58.3 Å². The van der Waals surface area contributed by atoms with Gasteiger partial charge in [0.15, 0.2) is 0 Å². The summed E-state index contributed by atoms with van der Waals surface area (Å²) >= 11 is 3.39. The molecule has 2 rings (SSSR count). The van der Waals surface area contributed by atoms with Crippen LogP contribution in [0.2, 0.25) is 0 Å². The second-order valence-electron chi connectivity index (χ2n) is 4.05. The van der Waals surface area contributed by atoms with Gasteiger partial charge in [0.1, 0.15) is 5.82 Å². The number of aryl methyl sites for hydroxylation is 1. The predicted octanol–water partition coefficient (Wildman–Crippen LogP) is 4.54. The van der Waals surface area contributed by atoms with Gasteiger partial charge in [0.05, 0.1) is 0 Å². The number of urea groups is 1. The maximum atomic E-state index is 13.0. The molecule has 0 radical (unpaired) electrons. The van der Waals surface area contributed by atoms with E-state index in [0.29, 0.717) is 11.4 Å². The summed E-state index contributed by atoms with van der Waals surface area (Å²) < 4.78 is 13.9. The van der Waals surface area contributed by atoms with Crippen LogP contribution in [0.3, 0.4) is 0 Å². The van der Waals surface area contributed by atoms with Crippen LogP contribution in [0.25, 0.3) is 0 Å². The van der Waals surface area contributed by atoms with Gasteiger partial charge in [0.25, 0.3) is 0 Å². The van der Waals surface area contributed by atoms with Crippen LogP contribution in [-0.2, 0) is 0 Å². The Hall–Kier alpha value is -1.88. The zero-order valence-corrected chi connectivity index (χ0v) is 11.8. The molecule has 2 amide bonds. The van der Waals surface area contributed by atoms with Crippen molar-refractivity contribution in [2.24, 2.45) is 0 Å². The standard InChI is InChI=1S/C14H12BrFN2O/c1-9-5-6-12(8-13(9)15)18-14(19)17-11-4-2-3-10(16)7-11/h2-8H,1H3,(H2,17,18,19). The van der Waals surface area contributed by atoms with Crippen molar-refractivity contribution in [1.82, 2.24) is 0 Å². The number of anilines is 2. The molecule has 0 saturated heterocycles. The third-order valence-electron chi connectivity index (χ3n) is 2.51. The summed E-state index contributed by atoms with van der Waals surface area (Å²) in [7, 11) is 0. The molecule has 3 nitrogen and oxygen atoms in total. The Morgan fingerprint density at radius 3 is 2.42 bits per heavy atom. The Bertz CT molecular complexity index is 616. The van der Waals surface area contributed by atoms with E-state index in [0.717, 1.165) is 10.0 Å². The summed E-state index contributed by atoms with van der Waals surface area (Å²) in [4.78, 5) is 11.7. The number of amides is 2. The lowest BCUT2D eigenvalue weighted by Crippen LogP contribution is -2.19. The van der Waals surface area contributed by atoms with Crippen LogP contribution in [0.5, 0.6) is 0 Å². The van der Waals surface area contributed by atoms with Gasteiger partial charge in [0, 0.05) is 15.8 Å². The molecule has 0 unspecified atom stereocenters. The quantitative estimate of drug-likeness (QED) is 0.837. The fourth-order valence-electron chi connectivity index (χ4n) is 1.53. The van der Waals surface area contributed by atoms with E-state index >= 15 is 0 Å². The second kappa shape index (κ2) is 5.84. The van der Waals surface area contributed by atoms with Crippen molar-refractivity contribution in [2.75, 3.05) is 10.6 Å². The first-order valence-corrected chi connectivity index (χ1v) is 6.43. The van der Waals surface area contributed by atoms with E-state index in [-0.39, 0.29) is 0 Å². The lowest BCUT2D eigenvalue weighted by Gasteiger charge is -2.08. The summed E-state index contributed by atoms with van der Waals surface area (Å²) in [6.07, 6.45) is 0. The molecule has 0 aromatic heterocycles. The van der Waals surface area contributed by atoms with Gasteiger partial charge >= 0.3 is 6.03 Å². The SMILES string of the molecule is Cc1ccc(NC(=O)Nc2cccc(F)c2)cc1Br. The Morgan fingerprint density at radius 2 is 1.79 bits per heavy atom. The minimum Gasteiger partial charge on any atom is -0.308 e. The maximum absolute atomic E-state index is 13.0. The molecule has 0 saturated carbocycles. The summed E-state index contributed by atoms with van der Waals surface area (Å²) in [6, 6.07) is 10.8. The maximum Gasteiger partial charge on any atom is 0.323 e. The number of nitrogens with one attached hydrogen (secondary N) is 2. The van der Waals surface area contributed by atoms with E-state index in [1.807, 2.05) is 13.0 Å². The monoisotopic (exact) mass is 322 g/mol. The number of hydrogen-bond acceptors (Lipinski definition) is 1. The second-order valence-corrected chi connectivity index (χ2v) is 4.91. The number of halogens is 2. The fourth-order valence-corrected chi connectivity index (χ4v) is 1.91. The van der Waals surface area contributed by atoms with Gasteiger partial charge in [-0.15, -0.1) is 0 Å². The summed E-state index contributed by atoms with van der Waals surface area (Å²) in [5.74, 6) is -0.393. The lowest BCUT2D eigenvalue weighted by molar-refractivity contribution is 0.262. The van der Waals surface area contributed by atoms with Gasteiger partial charge in [0.2, 0.25) is 0 Å². The van der Waals surface area contributed by atoms with Gasteiger partial charge in [-0.1, -0.05) is 28.1 Å². The first-order chi connectivity index (χ1) is 9.04. The van der Waals surface area contributed by atoms with Gasteiger partial charge in [-0.25, -0.2) is 9.18 Å². The molecular weight excluding hydrogens is 311 g/mol. The molecule has 0 aliphatic carbocycles. The fraction of sp³-hybridized carbons (Fsp3) is 0.0714. The zero-order chi connectivity index (χ0) is 13.8. The van der Waals surface area contributed by atoms with Crippen molar-refractivity contribution in [3.63, 3.8) is 0 Å². The number of carbonyl (C=O) groups is 1. The molecule has 98 valence electrons. The number of benzene rings is 2. The van der Waals surface area contributed by atoms with Crippen LogP contribution in [0.1, 0.15) is 5.56 Å². The highest BCUT2D eigenvalue weighted by atomic mass is 79.9. The van der Waals surface area contributed by atoms with Crippen molar-refractivity contribution >= 4 is 33.3 Å². The summed E-state index contributed by atoms with van der Waals surface area (Å²) in [5.41, 5.74) is 2.14. The summed E-state index contributed by atoms with van der Waals surface area (Å²) in [5, 5.41) is 5.24. The number of carbonyl (C=O) groups excluding carboxylic acids is 1. The molecular formula is C14H12BrFN2O. The highest BCUT2D eigenvalue weighted by Crippen LogP contribution is 2.20. The predicted molar refractivity (Wildman–Crippen MR) is 77.9 cm³/mol. The van der Waals surface area contributed by atoms with Crippen LogP contribution >= 0.6 is 15.9 Å². The highest BCUT2D eigenvalue weighted by Gasteiger charge is 2.04. The molecule has 0 aliphatic heterocycles. The van der Waals surface area contributed by atoms with E-state index in [4.69, 9.17) is 0 Å². The van der Waals surface area contributed by atoms with Crippen LogP contribution in [0.15, 0.2) is 46.9 Å². The molecule has 0 atom stereocenters. The first kappa shape index (κ1) is 13.5. The molecule has 0 spiro atoms. The molecule has 2 N–H and O–H groups in total. The van der Waals surface area contributed by atoms with E-state index < -0.39 is 11.8 Å². The molecule has 0 heterocycles. The molecule has 2 aromatic rings. The highest BCUT2D eigenvalue weighted by molar-refractivity contribution is 9.10. The average Bonchev–Trinajstić information content (AvgIpc) is 2.34. The third kappa shape index (κ3) is 3.79. The zero-order valence-electron chi connectivity index (χ0n) is 10.2. The molecule has 19 heavy (non-hydrogen) atoms. The van der Waals surface area contributed by atoms with Crippen molar-refractivity contribution in [3.8, 4) is 0 Å². The average molecular weight is 323 g/mol. The molecule has 0 bridgehead atoms. The van der Waals surface area contributed by atoms with Gasteiger partial charge < -0.3 is 10.6 Å². The third-order valence-corrected chi connectivity index (χ3v) is 3.37. The molecule has 0 fully saturated rings. The normalized spacial score (nSPS) is 10.1. The van der Waals surface area contributed by atoms with Crippen molar-refractivity contribution < 1.29 is 9.18 Å². The lowest BCUT2D eigenvalue weighted by atomic mass is 10.2. The molecule has 5 heteroatoms. The smallest absolute Gasteiger partial charge is 0.308 e. The van der Waals surface area contributed by atoms with E-state index in [1.54, 1.807) is 18.2 Å². The minimum absolute atomic E-state index is 0.393. The number of rotatable bonds is 2. The Balaban J connectivity index is 2.03. The van der Waals surface area contributed by atoms with Crippen LogP contribution in [0.4, 0.5) is 20.6 Å². The topological polar surface area (TPSA) is 41.1 Å². The van der Waals surface area contributed by atoms with E-state index in [1.165, 1.54) is 18.2 Å².